The summed E-state index contributed by atoms with van der Waals surface area (Å²) in [5.41, 5.74) is 10.3. The average Bonchev–Trinajstić information content (AvgIpc) is 1.84. The third kappa shape index (κ3) is 5.38. The van der Waals surface area contributed by atoms with Gasteiger partial charge in [0.2, 0.25) is 5.91 Å². The minimum Gasteiger partial charge on any atom is -0.369 e. The second kappa shape index (κ2) is 5.38. The van der Waals surface area contributed by atoms with E-state index in [2.05, 4.69) is 0 Å². The Morgan fingerprint density at radius 3 is 2.17 bits per heavy atom. The molecule has 0 saturated heterocycles. The van der Waals surface area contributed by atoms with Crippen molar-refractivity contribution in [1.82, 2.24) is 0 Å². The number of hydrogen-bond donors (Lipinski definition) is 2. The Labute approximate surface area is 80.3 Å². The first-order chi connectivity index (χ1) is 4.86. The van der Waals surface area contributed by atoms with E-state index < -0.39 is 5.41 Å². The van der Waals surface area contributed by atoms with E-state index in [1.807, 2.05) is 20.8 Å². The molecule has 1 atom stereocenters. The number of primary amides is 1. The van der Waals surface area contributed by atoms with E-state index in [0.717, 1.165) is 12.8 Å². The molecule has 0 aliphatic carbocycles. The maximum atomic E-state index is 10.8. The SMILES string of the molecule is CC(N)CCC(C)(C)C(N)=O.Cl. The van der Waals surface area contributed by atoms with Crippen LogP contribution in [0, 0.1) is 5.41 Å². The monoisotopic (exact) mass is 194 g/mol. The summed E-state index contributed by atoms with van der Waals surface area (Å²) in [6.45, 7) is 5.62. The molecule has 0 saturated carbocycles. The Balaban J connectivity index is 0. The molecule has 0 spiro atoms. The van der Waals surface area contributed by atoms with Gasteiger partial charge in [0, 0.05) is 11.5 Å². The molecule has 0 fully saturated rings. The summed E-state index contributed by atoms with van der Waals surface area (Å²) < 4.78 is 0. The number of rotatable bonds is 4. The van der Waals surface area contributed by atoms with Crippen LogP contribution in [0.2, 0.25) is 0 Å². The molecule has 1 unspecified atom stereocenters. The highest BCUT2D eigenvalue weighted by Crippen LogP contribution is 2.21. The highest BCUT2D eigenvalue weighted by molar-refractivity contribution is 5.85. The van der Waals surface area contributed by atoms with E-state index in [9.17, 15) is 4.79 Å². The first kappa shape index (κ1) is 14.3. The van der Waals surface area contributed by atoms with Crippen molar-refractivity contribution in [3.63, 3.8) is 0 Å². The van der Waals surface area contributed by atoms with Crippen molar-refractivity contribution in [1.29, 1.82) is 0 Å². The van der Waals surface area contributed by atoms with Crippen molar-refractivity contribution in [2.75, 3.05) is 0 Å². The third-order valence-electron chi connectivity index (χ3n) is 1.89. The van der Waals surface area contributed by atoms with Crippen LogP contribution in [0.4, 0.5) is 0 Å². The Morgan fingerprint density at radius 2 is 1.92 bits per heavy atom. The fourth-order valence-corrected chi connectivity index (χ4v) is 0.712. The Hall–Kier alpha value is -0.280. The molecule has 0 aromatic carbocycles. The van der Waals surface area contributed by atoms with Crippen LogP contribution < -0.4 is 11.5 Å². The van der Waals surface area contributed by atoms with Crippen LogP contribution in [0.3, 0.4) is 0 Å². The Bertz CT molecular complexity index is 146. The largest absolute Gasteiger partial charge is 0.369 e. The Morgan fingerprint density at radius 1 is 1.50 bits per heavy atom. The standard InChI is InChI=1S/C8H18N2O.ClH/c1-6(9)4-5-8(2,3)7(10)11;/h6H,4-5,9H2,1-3H3,(H2,10,11);1H. The summed E-state index contributed by atoms with van der Waals surface area (Å²) in [6, 6.07) is 0.147. The molecule has 0 rings (SSSR count). The molecule has 1 amide bonds. The number of amides is 1. The molecule has 0 aromatic rings. The number of carbonyl (C=O) groups excluding carboxylic acids is 1. The van der Waals surface area contributed by atoms with Crippen LogP contribution in [-0.2, 0) is 4.79 Å². The van der Waals surface area contributed by atoms with Crippen LogP contribution >= 0.6 is 12.4 Å². The highest BCUT2D eigenvalue weighted by atomic mass is 35.5. The maximum absolute atomic E-state index is 10.8. The van der Waals surface area contributed by atoms with Crippen molar-refractivity contribution in [2.45, 2.75) is 39.7 Å². The normalized spacial score (nSPS) is 13.3. The summed E-state index contributed by atoms with van der Waals surface area (Å²) >= 11 is 0. The number of carbonyl (C=O) groups is 1. The second-order valence-electron chi connectivity index (χ2n) is 3.76. The molecule has 0 aromatic heterocycles. The van der Waals surface area contributed by atoms with Gasteiger partial charge in [0.15, 0.2) is 0 Å². The molecule has 0 heterocycles. The van der Waals surface area contributed by atoms with E-state index in [-0.39, 0.29) is 24.4 Å². The summed E-state index contributed by atoms with van der Waals surface area (Å²) in [5, 5.41) is 0. The van der Waals surface area contributed by atoms with Crippen molar-refractivity contribution < 1.29 is 4.79 Å². The molecule has 0 aliphatic rings. The van der Waals surface area contributed by atoms with E-state index in [1.165, 1.54) is 0 Å². The molecule has 12 heavy (non-hydrogen) atoms. The molecular formula is C8H19ClN2O. The van der Waals surface area contributed by atoms with Crippen LogP contribution in [0.15, 0.2) is 0 Å². The van der Waals surface area contributed by atoms with Gasteiger partial charge >= 0.3 is 0 Å². The van der Waals surface area contributed by atoms with Crippen molar-refractivity contribution >= 4 is 18.3 Å². The molecular weight excluding hydrogens is 176 g/mol. The zero-order valence-electron chi connectivity index (χ0n) is 7.96. The number of halogens is 1. The Kier molecular flexibility index (Phi) is 6.39. The van der Waals surface area contributed by atoms with Gasteiger partial charge in [-0.3, -0.25) is 4.79 Å². The number of hydrogen-bond acceptors (Lipinski definition) is 2. The molecule has 4 heteroatoms. The minimum atomic E-state index is -0.409. The van der Waals surface area contributed by atoms with E-state index in [0.29, 0.717) is 0 Å². The van der Waals surface area contributed by atoms with Gasteiger partial charge in [-0.15, -0.1) is 12.4 Å². The van der Waals surface area contributed by atoms with Crippen LogP contribution in [0.25, 0.3) is 0 Å². The molecule has 3 nitrogen and oxygen atoms in total. The minimum absolute atomic E-state index is 0. The van der Waals surface area contributed by atoms with Gasteiger partial charge in [-0.2, -0.15) is 0 Å². The lowest BCUT2D eigenvalue weighted by Crippen LogP contribution is -2.32. The van der Waals surface area contributed by atoms with Gasteiger partial charge in [-0.05, 0) is 19.8 Å². The summed E-state index contributed by atoms with van der Waals surface area (Å²) in [7, 11) is 0. The first-order valence-electron chi connectivity index (χ1n) is 3.92. The molecule has 0 radical (unpaired) electrons. The molecule has 0 bridgehead atoms. The summed E-state index contributed by atoms with van der Waals surface area (Å²) in [6.07, 6.45) is 1.61. The summed E-state index contributed by atoms with van der Waals surface area (Å²) in [5.74, 6) is -0.252. The zero-order chi connectivity index (χ0) is 9.07. The van der Waals surface area contributed by atoms with Crippen molar-refractivity contribution in [3.8, 4) is 0 Å². The summed E-state index contributed by atoms with van der Waals surface area (Å²) in [4.78, 5) is 10.8. The third-order valence-corrected chi connectivity index (χ3v) is 1.89. The lowest BCUT2D eigenvalue weighted by molar-refractivity contribution is -0.126. The first-order valence-corrected chi connectivity index (χ1v) is 3.92. The fourth-order valence-electron chi connectivity index (χ4n) is 0.712. The van der Waals surface area contributed by atoms with Crippen molar-refractivity contribution in [3.05, 3.63) is 0 Å². The quantitative estimate of drug-likeness (QED) is 0.703. The second-order valence-corrected chi connectivity index (χ2v) is 3.76. The van der Waals surface area contributed by atoms with Gasteiger partial charge in [0.05, 0.1) is 0 Å². The van der Waals surface area contributed by atoms with Gasteiger partial charge in [-0.25, -0.2) is 0 Å². The molecule has 4 N–H and O–H groups in total. The fraction of sp³-hybridized carbons (Fsp3) is 0.875. The van der Waals surface area contributed by atoms with Crippen LogP contribution in [0.1, 0.15) is 33.6 Å². The van der Waals surface area contributed by atoms with E-state index in [1.54, 1.807) is 0 Å². The smallest absolute Gasteiger partial charge is 0.223 e. The van der Waals surface area contributed by atoms with Crippen LogP contribution in [0.5, 0.6) is 0 Å². The van der Waals surface area contributed by atoms with Gasteiger partial charge < -0.3 is 11.5 Å². The van der Waals surface area contributed by atoms with E-state index in [4.69, 9.17) is 11.5 Å². The van der Waals surface area contributed by atoms with Gasteiger partial charge in [-0.1, -0.05) is 13.8 Å². The van der Waals surface area contributed by atoms with E-state index >= 15 is 0 Å². The number of nitrogens with two attached hydrogens (primary N) is 2. The van der Waals surface area contributed by atoms with Crippen molar-refractivity contribution in [2.24, 2.45) is 16.9 Å². The van der Waals surface area contributed by atoms with Gasteiger partial charge in [0.25, 0.3) is 0 Å². The zero-order valence-corrected chi connectivity index (χ0v) is 8.78. The lowest BCUT2D eigenvalue weighted by atomic mass is 9.86. The molecule has 74 valence electrons. The maximum Gasteiger partial charge on any atom is 0.223 e. The predicted molar refractivity (Wildman–Crippen MR) is 53.1 cm³/mol. The average molecular weight is 195 g/mol. The lowest BCUT2D eigenvalue weighted by Gasteiger charge is -2.20. The molecule has 0 aliphatic heterocycles. The van der Waals surface area contributed by atoms with Gasteiger partial charge in [0.1, 0.15) is 0 Å². The predicted octanol–water partition coefficient (Wildman–Crippen LogP) is 1.05. The topological polar surface area (TPSA) is 69.1 Å². The highest BCUT2D eigenvalue weighted by Gasteiger charge is 2.24. The van der Waals surface area contributed by atoms with Crippen LogP contribution in [-0.4, -0.2) is 11.9 Å².